The van der Waals surface area contributed by atoms with Crippen molar-refractivity contribution in [3.05, 3.63) is 89.4 Å². The smallest absolute Gasteiger partial charge is 0.251 e. The zero-order valence-corrected chi connectivity index (χ0v) is 17.8. The van der Waals surface area contributed by atoms with Crippen LogP contribution in [0.25, 0.3) is 0 Å². The molecule has 0 spiro atoms. The third-order valence-corrected chi connectivity index (χ3v) is 6.77. The van der Waals surface area contributed by atoms with E-state index in [0.717, 1.165) is 16.9 Å². The molecular formula is C23H25NO5S. The molecule has 30 heavy (non-hydrogen) atoms. The Morgan fingerprint density at radius 1 is 1.00 bits per heavy atom. The van der Waals surface area contributed by atoms with Crippen LogP contribution in [0.2, 0.25) is 0 Å². The molecule has 3 rings (SSSR count). The highest BCUT2D eigenvalue weighted by molar-refractivity contribution is 7.92. The Balaban J connectivity index is 1.54. The van der Waals surface area contributed by atoms with Crippen molar-refractivity contribution in [2.24, 2.45) is 0 Å². The molecular weight excluding hydrogens is 402 g/mol. The lowest BCUT2D eigenvalue weighted by atomic mass is 10.1. The lowest BCUT2D eigenvalue weighted by Crippen LogP contribution is -2.23. The third-order valence-electron chi connectivity index (χ3n) is 4.60. The van der Waals surface area contributed by atoms with Crippen molar-refractivity contribution in [2.75, 3.05) is 0 Å². The van der Waals surface area contributed by atoms with Crippen molar-refractivity contribution in [1.29, 1.82) is 0 Å². The second kappa shape index (κ2) is 9.73. The summed E-state index contributed by atoms with van der Waals surface area (Å²) in [4.78, 5) is 12.6. The van der Waals surface area contributed by atoms with Gasteiger partial charge in [0.1, 0.15) is 12.4 Å². The monoisotopic (exact) mass is 427 g/mol. The Morgan fingerprint density at radius 2 is 1.73 bits per heavy atom. The molecule has 0 aliphatic rings. The maximum Gasteiger partial charge on any atom is 0.251 e. The molecule has 1 N–H and O–H groups in total. The highest BCUT2D eigenvalue weighted by Crippen LogP contribution is 2.16. The lowest BCUT2D eigenvalue weighted by Gasteiger charge is -2.10. The number of nitrogens with one attached hydrogen (secondary N) is 1. The van der Waals surface area contributed by atoms with Crippen molar-refractivity contribution < 1.29 is 22.4 Å². The molecule has 6 nitrogen and oxygen atoms in total. The molecule has 1 aromatic heterocycles. The quantitative estimate of drug-likeness (QED) is 0.555. The highest BCUT2D eigenvalue weighted by Gasteiger charge is 2.19. The van der Waals surface area contributed by atoms with Crippen molar-refractivity contribution in [3.63, 3.8) is 0 Å². The first-order chi connectivity index (χ1) is 14.4. The summed E-state index contributed by atoms with van der Waals surface area (Å²) >= 11 is 0. The number of carbonyl (C=O) groups excluding carboxylic acids is 1. The second-order valence-electron chi connectivity index (χ2n) is 7.19. The molecule has 0 saturated heterocycles. The second-order valence-corrected chi connectivity index (χ2v) is 9.70. The van der Waals surface area contributed by atoms with E-state index in [1.165, 1.54) is 24.3 Å². The summed E-state index contributed by atoms with van der Waals surface area (Å²) in [5, 5.41) is 2.35. The van der Waals surface area contributed by atoms with Crippen molar-refractivity contribution >= 4 is 15.7 Å². The van der Waals surface area contributed by atoms with E-state index < -0.39 is 15.1 Å². The molecule has 1 heterocycles. The van der Waals surface area contributed by atoms with E-state index in [0.29, 0.717) is 25.3 Å². The van der Waals surface area contributed by atoms with Crippen LogP contribution in [-0.2, 0) is 34.3 Å². The molecule has 0 aliphatic heterocycles. The maximum absolute atomic E-state index is 12.4. The standard InChI is InChI=1S/C23H25NO5S/c1-17(2)30(26,27)22-10-8-20(9-11-22)23(25)24-14-18-5-3-6-19(13-18)15-28-16-21-7-4-12-29-21/h3-13,17H,14-16H2,1-2H3,(H,24,25). The number of carbonyl (C=O) groups is 1. The Labute approximate surface area is 176 Å². The van der Waals surface area contributed by atoms with Crippen LogP contribution in [0.15, 0.2) is 76.2 Å². The summed E-state index contributed by atoms with van der Waals surface area (Å²) in [6.07, 6.45) is 1.61. The Morgan fingerprint density at radius 3 is 2.40 bits per heavy atom. The van der Waals surface area contributed by atoms with Crippen LogP contribution in [0, 0.1) is 0 Å². The van der Waals surface area contributed by atoms with E-state index in [4.69, 9.17) is 9.15 Å². The fourth-order valence-corrected chi connectivity index (χ4v) is 3.91. The van der Waals surface area contributed by atoms with Gasteiger partial charge in [-0.1, -0.05) is 24.3 Å². The minimum atomic E-state index is -3.35. The predicted molar refractivity (Wildman–Crippen MR) is 114 cm³/mol. The van der Waals surface area contributed by atoms with Crippen LogP contribution in [0.5, 0.6) is 0 Å². The van der Waals surface area contributed by atoms with Crippen molar-refractivity contribution in [2.45, 2.75) is 43.8 Å². The fourth-order valence-electron chi connectivity index (χ4n) is 2.85. The Bertz CT molecular complexity index is 1070. The molecule has 158 valence electrons. The molecule has 1 amide bonds. The summed E-state index contributed by atoms with van der Waals surface area (Å²) in [6.45, 7) is 4.46. The molecule has 7 heteroatoms. The minimum absolute atomic E-state index is 0.219. The van der Waals surface area contributed by atoms with Gasteiger partial charge < -0.3 is 14.5 Å². The molecule has 0 fully saturated rings. The van der Waals surface area contributed by atoms with Crippen LogP contribution >= 0.6 is 0 Å². The normalized spacial score (nSPS) is 11.6. The zero-order valence-electron chi connectivity index (χ0n) is 17.0. The number of amides is 1. The first-order valence-corrected chi connectivity index (χ1v) is 11.2. The molecule has 0 bridgehead atoms. The first-order valence-electron chi connectivity index (χ1n) is 9.66. The third kappa shape index (κ3) is 5.58. The average molecular weight is 428 g/mol. The SMILES string of the molecule is CC(C)S(=O)(=O)c1ccc(C(=O)NCc2cccc(COCc3ccco3)c2)cc1. The van der Waals surface area contributed by atoms with E-state index >= 15 is 0 Å². The lowest BCUT2D eigenvalue weighted by molar-refractivity contribution is 0.0928. The fraction of sp³-hybridized carbons (Fsp3) is 0.261. The van der Waals surface area contributed by atoms with Gasteiger partial charge in [-0.25, -0.2) is 8.42 Å². The number of sulfone groups is 1. The number of hydrogen-bond donors (Lipinski definition) is 1. The largest absolute Gasteiger partial charge is 0.467 e. The number of furan rings is 1. The summed E-state index contributed by atoms with van der Waals surface area (Å²) in [5.41, 5.74) is 2.36. The molecule has 0 saturated carbocycles. The minimum Gasteiger partial charge on any atom is -0.467 e. The van der Waals surface area contributed by atoms with Gasteiger partial charge in [-0.05, 0) is 61.4 Å². The molecule has 3 aromatic rings. The van der Waals surface area contributed by atoms with Gasteiger partial charge in [-0.2, -0.15) is 0 Å². The van der Waals surface area contributed by atoms with Gasteiger partial charge in [-0.3, -0.25) is 4.79 Å². The Hall–Kier alpha value is -2.90. The molecule has 0 atom stereocenters. The van der Waals surface area contributed by atoms with Gasteiger partial charge in [0.05, 0.1) is 23.0 Å². The number of ether oxygens (including phenoxy) is 1. The highest BCUT2D eigenvalue weighted by atomic mass is 32.2. The topological polar surface area (TPSA) is 85.6 Å². The first kappa shape index (κ1) is 21.8. The molecule has 0 aliphatic carbocycles. The number of hydrogen-bond acceptors (Lipinski definition) is 5. The van der Waals surface area contributed by atoms with Crippen LogP contribution in [0.3, 0.4) is 0 Å². The van der Waals surface area contributed by atoms with E-state index in [2.05, 4.69) is 5.32 Å². The van der Waals surface area contributed by atoms with Gasteiger partial charge >= 0.3 is 0 Å². The molecule has 0 unspecified atom stereocenters. The summed E-state index contributed by atoms with van der Waals surface area (Å²) in [5.74, 6) is 0.508. The van der Waals surface area contributed by atoms with E-state index in [1.807, 2.05) is 36.4 Å². The van der Waals surface area contributed by atoms with Crippen LogP contribution in [0.1, 0.15) is 41.1 Å². The van der Waals surface area contributed by atoms with E-state index in [1.54, 1.807) is 20.1 Å². The molecule has 2 aromatic carbocycles. The summed E-state index contributed by atoms with van der Waals surface area (Å²) in [7, 11) is -3.35. The zero-order chi connectivity index (χ0) is 21.6. The number of rotatable bonds is 9. The summed E-state index contributed by atoms with van der Waals surface area (Å²) in [6, 6.07) is 17.5. The average Bonchev–Trinajstić information content (AvgIpc) is 3.26. The Kier molecular flexibility index (Phi) is 7.07. The van der Waals surface area contributed by atoms with Crippen LogP contribution in [0.4, 0.5) is 0 Å². The van der Waals surface area contributed by atoms with Gasteiger partial charge in [0.25, 0.3) is 5.91 Å². The van der Waals surface area contributed by atoms with Crippen LogP contribution in [-0.4, -0.2) is 19.6 Å². The van der Waals surface area contributed by atoms with Crippen LogP contribution < -0.4 is 5.32 Å². The van der Waals surface area contributed by atoms with E-state index in [9.17, 15) is 13.2 Å². The summed E-state index contributed by atoms with van der Waals surface area (Å²) < 4.78 is 35.2. The van der Waals surface area contributed by atoms with Gasteiger partial charge in [0, 0.05) is 12.1 Å². The van der Waals surface area contributed by atoms with Gasteiger partial charge in [0.15, 0.2) is 9.84 Å². The van der Waals surface area contributed by atoms with Gasteiger partial charge in [-0.15, -0.1) is 0 Å². The van der Waals surface area contributed by atoms with Gasteiger partial charge in [0.2, 0.25) is 0 Å². The van der Waals surface area contributed by atoms with E-state index in [-0.39, 0.29) is 10.8 Å². The predicted octanol–water partition coefficient (Wildman–Crippen LogP) is 4.11. The number of benzene rings is 2. The van der Waals surface area contributed by atoms with Crippen molar-refractivity contribution in [3.8, 4) is 0 Å². The molecule has 0 radical (unpaired) electrons. The maximum atomic E-state index is 12.4. The van der Waals surface area contributed by atoms with Crippen molar-refractivity contribution in [1.82, 2.24) is 5.32 Å².